The molecule has 1 fully saturated rings. The zero-order valence-corrected chi connectivity index (χ0v) is 10.1. The SMILES string of the molecule is CC1CNC(c2c(Cl)cccc2Cl)S1. The van der Waals surface area contributed by atoms with Crippen LogP contribution in [0.1, 0.15) is 17.9 Å². The van der Waals surface area contributed by atoms with E-state index < -0.39 is 0 Å². The van der Waals surface area contributed by atoms with E-state index in [9.17, 15) is 0 Å². The lowest BCUT2D eigenvalue weighted by Gasteiger charge is -2.13. The summed E-state index contributed by atoms with van der Waals surface area (Å²) in [6.07, 6.45) is 0. The highest BCUT2D eigenvalue weighted by Crippen LogP contribution is 2.41. The molecule has 0 spiro atoms. The summed E-state index contributed by atoms with van der Waals surface area (Å²) < 4.78 is 0. The van der Waals surface area contributed by atoms with Gasteiger partial charge in [-0.05, 0) is 12.1 Å². The van der Waals surface area contributed by atoms with Gasteiger partial charge in [0.05, 0.1) is 5.37 Å². The van der Waals surface area contributed by atoms with Gasteiger partial charge in [0, 0.05) is 27.4 Å². The lowest BCUT2D eigenvalue weighted by molar-refractivity contribution is 0.718. The first-order valence-corrected chi connectivity index (χ1v) is 6.21. The molecular formula is C10H11Cl2NS. The van der Waals surface area contributed by atoms with Crippen molar-refractivity contribution < 1.29 is 0 Å². The summed E-state index contributed by atoms with van der Waals surface area (Å²) in [5.74, 6) is 0. The Hall–Kier alpha value is 0.110. The van der Waals surface area contributed by atoms with Crippen LogP contribution in [0.25, 0.3) is 0 Å². The van der Waals surface area contributed by atoms with Gasteiger partial charge in [0.1, 0.15) is 0 Å². The summed E-state index contributed by atoms with van der Waals surface area (Å²) in [6.45, 7) is 3.21. The van der Waals surface area contributed by atoms with Gasteiger partial charge in [0.2, 0.25) is 0 Å². The van der Waals surface area contributed by atoms with E-state index >= 15 is 0 Å². The zero-order chi connectivity index (χ0) is 10.1. The maximum Gasteiger partial charge on any atom is 0.0822 e. The third-order valence-electron chi connectivity index (χ3n) is 2.22. The molecule has 14 heavy (non-hydrogen) atoms. The van der Waals surface area contributed by atoms with E-state index in [0.29, 0.717) is 5.25 Å². The fourth-order valence-corrected chi connectivity index (χ4v) is 3.52. The average molecular weight is 248 g/mol. The third kappa shape index (κ3) is 2.03. The van der Waals surface area contributed by atoms with Crippen LogP contribution >= 0.6 is 35.0 Å². The van der Waals surface area contributed by atoms with Crippen LogP contribution in [0.4, 0.5) is 0 Å². The summed E-state index contributed by atoms with van der Waals surface area (Å²) in [7, 11) is 0. The molecule has 0 aliphatic carbocycles. The molecule has 0 radical (unpaired) electrons. The molecule has 1 aliphatic rings. The minimum Gasteiger partial charge on any atom is -0.300 e. The molecule has 1 N–H and O–H groups in total. The maximum absolute atomic E-state index is 6.12. The highest BCUT2D eigenvalue weighted by Gasteiger charge is 2.25. The second-order valence-corrected chi connectivity index (χ2v) is 5.73. The summed E-state index contributed by atoms with van der Waals surface area (Å²) in [5, 5.41) is 5.75. The van der Waals surface area contributed by atoms with Crippen LogP contribution in [0.5, 0.6) is 0 Å². The molecule has 0 bridgehead atoms. The number of benzene rings is 1. The van der Waals surface area contributed by atoms with E-state index in [2.05, 4.69) is 12.2 Å². The maximum atomic E-state index is 6.12. The lowest BCUT2D eigenvalue weighted by atomic mass is 10.2. The molecule has 4 heteroatoms. The molecular weight excluding hydrogens is 237 g/mol. The van der Waals surface area contributed by atoms with Crippen molar-refractivity contribution in [2.45, 2.75) is 17.5 Å². The third-order valence-corrected chi connectivity index (χ3v) is 4.19. The Balaban J connectivity index is 2.31. The molecule has 2 atom stereocenters. The van der Waals surface area contributed by atoms with Crippen molar-refractivity contribution in [1.82, 2.24) is 5.32 Å². The van der Waals surface area contributed by atoms with Gasteiger partial charge in [-0.25, -0.2) is 0 Å². The van der Waals surface area contributed by atoms with E-state index in [4.69, 9.17) is 23.2 Å². The second-order valence-electron chi connectivity index (χ2n) is 3.37. The highest BCUT2D eigenvalue weighted by atomic mass is 35.5. The average Bonchev–Trinajstić information content (AvgIpc) is 2.51. The van der Waals surface area contributed by atoms with Gasteiger partial charge in [-0.3, -0.25) is 0 Å². The van der Waals surface area contributed by atoms with Crippen molar-refractivity contribution in [2.75, 3.05) is 6.54 Å². The smallest absolute Gasteiger partial charge is 0.0822 e. The number of hydrogen-bond donors (Lipinski definition) is 1. The van der Waals surface area contributed by atoms with Crippen LogP contribution in [0.2, 0.25) is 10.0 Å². The first-order chi connectivity index (χ1) is 6.68. The first-order valence-electron chi connectivity index (χ1n) is 4.51. The van der Waals surface area contributed by atoms with E-state index in [0.717, 1.165) is 22.2 Å². The van der Waals surface area contributed by atoms with Crippen LogP contribution in [0.3, 0.4) is 0 Å². The van der Waals surface area contributed by atoms with E-state index in [1.165, 1.54) is 0 Å². The monoisotopic (exact) mass is 247 g/mol. The summed E-state index contributed by atoms with van der Waals surface area (Å²) >= 11 is 14.1. The Labute approximate surface area is 98.2 Å². The van der Waals surface area contributed by atoms with Gasteiger partial charge in [-0.15, -0.1) is 11.8 Å². The topological polar surface area (TPSA) is 12.0 Å². The van der Waals surface area contributed by atoms with Crippen LogP contribution in [0, 0.1) is 0 Å². The highest BCUT2D eigenvalue weighted by molar-refractivity contribution is 8.00. The molecule has 1 aliphatic heterocycles. The number of rotatable bonds is 1. The summed E-state index contributed by atoms with van der Waals surface area (Å²) in [4.78, 5) is 0. The van der Waals surface area contributed by atoms with Crippen molar-refractivity contribution >= 4 is 35.0 Å². The molecule has 0 amide bonds. The minimum atomic E-state index is 0.242. The van der Waals surface area contributed by atoms with Gasteiger partial charge < -0.3 is 5.32 Å². The van der Waals surface area contributed by atoms with Crippen molar-refractivity contribution in [3.05, 3.63) is 33.8 Å². The Morgan fingerprint density at radius 2 is 2.00 bits per heavy atom. The van der Waals surface area contributed by atoms with E-state index in [1.54, 1.807) is 0 Å². The number of nitrogens with one attached hydrogen (secondary N) is 1. The largest absolute Gasteiger partial charge is 0.300 e. The minimum absolute atomic E-state index is 0.242. The van der Waals surface area contributed by atoms with Gasteiger partial charge in [0.15, 0.2) is 0 Å². The molecule has 2 unspecified atom stereocenters. The Bertz CT molecular complexity index is 323. The van der Waals surface area contributed by atoms with E-state index in [-0.39, 0.29) is 5.37 Å². The lowest BCUT2D eigenvalue weighted by Crippen LogP contribution is -2.14. The zero-order valence-electron chi connectivity index (χ0n) is 7.76. The predicted octanol–water partition coefficient (Wildman–Crippen LogP) is 3.72. The molecule has 76 valence electrons. The van der Waals surface area contributed by atoms with Crippen molar-refractivity contribution in [2.24, 2.45) is 0 Å². The van der Waals surface area contributed by atoms with Crippen molar-refractivity contribution in [3.63, 3.8) is 0 Å². The molecule has 1 heterocycles. The fourth-order valence-electron chi connectivity index (χ4n) is 1.53. The molecule has 0 saturated carbocycles. The Morgan fingerprint density at radius 1 is 1.36 bits per heavy atom. The normalized spacial score (nSPS) is 26.8. The van der Waals surface area contributed by atoms with Crippen LogP contribution in [-0.4, -0.2) is 11.8 Å². The quantitative estimate of drug-likeness (QED) is 0.812. The molecule has 1 aromatic carbocycles. The van der Waals surface area contributed by atoms with Gasteiger partial charge >= 0.3 is 0 Å². The number of hydrogen-bond acceptors (Lipinski definition) is 2. The van der Waals surface area contributed by atoms with Crippen LogP contribution < -0.4 is 5.32 Å². The standard InChI is InChI=1S/C10H11Cl2NS/c1-6-5-13-10(14-6)9-7(11)3-2-4-8(9)12/h2-4,6,10,13H,5H2,1H3. The van der Waals surface area contributed by atoms with Crippen molar-refractivity contribution in [1.29, 1.82) is 0 Å². The Kier molecular flexibility index (Phi) is 3.27. The first kappa shape index (κ1) is 10.6. The second kappa shape index (κ2) is 4.31. The van der Waals surface area contributed by atoms with Gasteiger partial charge in [0.25, 0.3) is 0 Å². The number of halogens is 2. The molecule has 1 saturated heterocycles. The molecule has 1 aromatic rings. The fraction of sp³-hybridized carbons (Fsp3) is 0.400. The van der Waals surface area contributed by atoms with Crippen molar-refractivity contribution in [3.8, 4) is 0 Å². The predicted molar refractivity (Wildman–Crippen MR) is 64.3 cm³/mol. The molecule has 1 nitrogen and oxygen atoms in total. The van der Waals surface area contributed by atoms with Gasteiger partial charge in [-0.2, -0.15) is 0 Å². The summed E-state index contributed by atoms with van der Waals surface area (Å²) in [5.41, 5.74) is 1.02. The molecule has 0 aromatic heterocycles. The Morgan fingerprint density at radius 3 is 2.50 bits per heavy atom. The molecule has 2 rings (SSSR count). The van der Waals surface area contributed by atoms with E-state index in [1.807, 2.05) is 30.0 Å². The van der Waals surface area contributed by atoms with Crippen LogP contribution in [0.15, 0.2) is 18.2 Å². The van der Waals surface area contributed by atoms with Crippen LogP contribution in [-0.2, 0) is 0 Å². The summed E-state index contributed by atoms with van der Waals surface area (Å²) in [6, 6.07) is 5.64. The van der Waals surface area contributed by atoms with Gasteiger partial charge in [-0.1, -0.05) is 36.2 Å². The number of thioether (sulfide) groups is 1.